The monoisotopic (exact) mass is 415 g/mol. The highest BCUT2D eigenvalue weighted by Crippen LogP contribution is 2.25. The molecule has 0 radical (unpaired) electrons. The maximum atomic E-state index is 13.3. The van der Waals surface area contributed by atoms with Crippen LogP contribution in [0.25, 0.3) is 0 Å². The number of carbonyl (C=O) groups is 1. The summed E-state index contributed by atoms with van der Waals surface area (Å²) in [6.07, 6.45) is 4.00. The first-order chi connectivity index (χ1) is 14.9. The lowest BCUT2D eigenvalue weighted by atomic mass is 9.98. The van der Waals surface area contributed by atoms with Crippen molar-refractivity contribution in [3.63, 3.8) is 0 Å². The van der Waals surface area contributed by atoms with Crippen molar-refractivity contribution in [2.24, 2.45) is 0 Å². The molecule has 1 aromatic carbocycles. The predicted molar refractivity (Wildman–Crippen MR) is 117 cm³/mol. The number of nitrogens with one attached hydrogen (secondary N) is 2. The van der Waals surface area contributed by atoms with Gasteiger partial charge in [0.25, 0.3) is 5.91 Å². The molecule has 3 aromatic heterocycles. The van der Waals surface area contributed by atoms with E-state index in [9.17, 15) is 4.79 Å². The van der Waals surface area contributed by atoms with E-state index in [0.29, 0.717) is 17.9 Å². The lowest BCUT2D eigenvalue weighted by Crippen LogP contribution is -2.30. The van der Waals surface area contributed by atoms with Crippen molar-refractivity contribution in [3.8, 4) is 0 Å². The molecule has 1 amide bonds. The lowest BCUT2D eigenvalue weighted by Gasteiger charge is -2.19. The van der Waals surface area contributed by atoms with E-state index in [-0.39, 0.29) is 11.9 Å². The molecular formula is C24H25N5O2. The van der Waals surface area contributed by atoms with E-state index in [4.69, 9.17) is 4.52 Å². The molecule has 7 nitrogen and oxygen atoms in total. The second-order valence-corrected chi connectivity index (χ2v) is 7.76. The number of pyridine rings is 1. The number of hydrogen-bond donors (Lipinski definition) is 2. The maximum absolute atomic E-state index is 13.3. The van der Waals surface area contributed by atoms with E-state index in [1.54, 1.807) is 12.4 Å². The molecule has 1 atom stereocenters. The molecule has 4 rings (SSSR count). The molecule has 4 aromatic rings. The van der Waals surface area contributed by atoms with E-state index in [1.807, 2.05) is 64.1 Å². The van der Waals surface area contributed by atoms with Gasteiger partial charge in [0.2, 0.25) is 0 Å². The molecule has 3 heterocycles. The normalized spacial score (nSPS) is 12.0. The number of H-pyrrole nitrogens is 1. The highest BCUT2D eigenvalue weighted by Gasteiger charge is 2.25. The third kappa shape index (κ3) is 4.26. The van der Waals surface area contributed by atoms with Crippen LogP contribution in [0, 0.1) is 27.7 Å². The largest absolute Gasteiger partial charge is 0.361 e. The minimum Gasteiger partial charge on any atom is -0.361 e. The van der Waals surface area contributed by atoms with E-state index in [1.165, 1.54) is 0 Å². The van der Waals surface area contributed by atoms with Crippen LogP contribution in [0.4, 0.5) is 0 Å². The number of aromatic amines is 1. The number of rotatable bonds is 6. The fraction of sp³-hybridized carbons (Fsp3) is 0.250. The third-order valence-corrected chi connectivity index (χ3v) is 5.54. The minimum atomic E-state index is -0.357. The van der Waals surface area contributed by atoms with Crippen LogP contribution in [0.2, 0.25) is 0 Å². The van der Waals surface area contributed by atoms with Crippen molar-refractivity contribution in [1.29, 1.82) is 0 Å². The number of nitrogens with zero attached hydrogens (tertiary/aromatic N) is 3. The summed E-state index contributed by atoms with van der Waals surface area (Å²) >= 11 is 0. The SMILES string of the molecule is Cc1ccc(C(NC(=O)c2noc(C)c2Cc2c(C)n[nH]c2C)c2cccnc2)cc1. The fourth-order valence-electron chi connectivity index (χ4n) is 3.65. The molecule has 2 N–H and O–H groups in total. The number of aromatic nitrogens is 4. The molecule has 0 saturated heterocycles. The fourth-order valence-corrected chi connectivity index (χ4v) is 3.65. The molecule has 0 aliphatic carbocycles. The molecule has 158 valence electrons. The van der Waals surface area contributed by atoms with Crippen molar-refractivity contribution in [2.75, 3.05) is 0 Å². The van der Waals surface area contributed by atoms with Crippen molar-refractivity contribution in [1.82, 2.24) is 25.7 Å². The number of aryl methyl sites for hydroxylation is 4. The second kappa shape index (κ2) is 8.55. The van der Waals surface area contributed by atoms with Gasteiger partial charge in [0.1, 0.15) is 5.76 Å². The van der Waals surface area contributed by atoms with Crippen LogP contribution in [0.1, 0.15) is 61.5 Å². The van der Waals surface area contributed by atoms with E-state index < -0.39 is 0 Å². The Labute approximate surface area is 180 Å². The number of hydrogen-bond acceptors (Lipinski definition) is 5. The zero-order chi connectivity index (χ0) is 22.0. The van der Waals surface area contributed by atoms with Gasteiger partial charge < -0.3 is 9.84 Å². The maximum Gasteiger partial charge on any atom is 0.274 e. The van der Waals surface area contributed by atoms with Gasteiger partial charge in [-0.05, 0) is 44.9 Å². The smallest absolute Gasteiger partial charge is 0.274 e. The van der Waals surface area contributed by atoms with Gasteiger partial charge in [-0.25, -0.2) is 0 Å². The molecule has 31 heavy (non-hydrogen) atoms. The molecule has 1 unspecified atom stereocenters. The third-order valence-electron chi connectivity index (χ3n) is 5.54. The van der Waals surface area contributed by atoms with Crippen molar-refractivity contribution in [2.45, 2.75) is 40.2 Å². The Kier molecular flexibility index (Phi) is 5.66. The molecule has 7 heteroatoms. The molecule has 0 bridgehead atoms. The van der Waals surface area contributed by atoms with E-state index in [2.05, 4.69) is 25.7 Å². The quantitative estimate of drug-likeness (QED) is 0.493. The molecule has 0 saturated carbocycles. The van der Waals surface area contributed by atoms with Crippen LogP contribution in [-0.2, 0) is 6.42 Å². The molecule has 0 spiro atoms. The average Bonchev–Trinajstić information content (AvgIpc) is 3.30. The summed E-state index contributed by atoms with van der Waals surface area (Å²) in [6, 6.07) is 11.5. The summed E-state index contributed by atoms with van der Waals surface area (Å²) in [5.41, 5.74) is 6.98. The molecule has 0 aliphatic heterocycles. The Bertz CT molecular complexity index is 1170. The Morgan fingerprint density at radius 3 is 2.48 bits per heavy atom. The van der Waals surface area contributed by atoms with E-state index >= 15 is 0 Å². The Hall–Kier alpha value is -3.74. The predicted octanol–water partition coefficient (Wildman–Crippen LogP) is 4.14. The highest BCUT2D eigenvalue weighted by atomic mass is 16.5. The summed E-state index contributed by atoms with van der Waals surface area (Å²) in [5, 5.41) is 14.4. The summed E-state index contributed by atoms with van der Waals surface area (Å²) in [6.45, 7) is 7.76. The Morgan fingerprint density at radius 1 is 1.06 bits per heavy atom. The molecule has 0 aliphatic rings. The van der Waals surface area contributed by atoms with Gasteiger partial charge in [0.15, 0.2) is 5.69 Å². The standard InChI is InChI=1S/C24H25N5O2/c1-14-7-9-18(10-8-14)22(19-6-5-11-25-13-19)26-24(30)23-21(17(4)31-29-23)12-20-15(2)27-28-16(20)3/h5-11,13,22H,12H2,1-4H3,(H,26,30)(H,27,28). The number of benzene rings is 1. The lowest BCUT2D eigenvalue weighted by molar-refractivity contribution is 0.0933. The van der Waals surface area contributed by atoms with Crippen molar-refractivity contribution >= 4 is 5.91 Å². The van der Waals surface area contributed by atoms with Gasteiger partial charge in [-0.2, -0.15) is 5.10 Å². The van der Waals surface area contributed by atoms with Crippen LogP contribution < -0.4 is 5.32 Å². The first kappa shape index (κ1) is 20.5. The summed E-state index contributed by atoms with van der Waals surface area (Å²) in [7, 11) is 0. The van der Waals surface area contributed by atoms with Gasteiger partial charge in [-0.15, -0.1) is 0 Å². The van der Waals surface area contributed by atoms with Gasteiger partial charge in [0, 0.05) is 35.6 Å². The highest BCUT2D eigenvalue weighted by molar-refractivity contribution is 5.94. The first-order valence-corrected chi connectivity index (χ1v) is 10.2. The van der Waals surface area contributed by atoms with Gasteiger partial charge in [0.05, 0.1) is 11.7 Å². The van der Waals surface area contributed by atoms with E-state index in [0.717, 1.165) is 39.2 Å². The van der Waals surface area contributed by atoms with Crippen molar-refractivity contribution in [3.05, 3.63) is 99.5 Å². The Balaban J connectivity index is 1.66. The van der Waals surface area contributed by atoms with Crippen molar-refractivity contribution < 1.29 is 9.32 Å². The van der Waals surface area contributed by atoms with Crippen LogP contribution in [-0.4, -0.2) is 26.2 Å². The molecular weight excluding hydrogens is 390 g/mol. The minimum absolute atomic E-state index is 0.290. The zero-order valence-corrected chi connectivity index (χ0v) is 18.1. The van der Waals surface area contributed by atoms with Crippen LogP contribution in [0.3, 0.4) is 0 Å². The van der Waals surface area contributed by atoms with Crippen LogP contribution >= 0.6 is 0 Å². The summed E-state index contributed by atoms with van der Waals surface area (Å²) in [4.78, 5) is 17.5. The average molecular weight is 415 g/mol. The number of amides is 1. The first-order valence-electron chi connectivity index (χ1n) is 10.2. The van der Waals surface area contributed by atoms with Crippen LogP contribution in [0.5, 0.6) is 0 Å². The topological polar surface area (TPSA) is 96.7 Å². The molecule has 0 fully saturated rings. The second-order valence-electron chi connectivity index (χ2n) is 7.76. The van der Waals surface area contributed by atoms with Crippen LogP contribution in [0.15, 0.2) is 53.3 Å². The van der Waals surface area contributed by atoms with Gasteiger partial charge in [-0.1, -0.05) is 41.1 Å². The van der Waals surface area contributed by atoms with Gasteiger partial charge in [-0.3, -0.25) is 14.9 Å². The summed E-state index contributed by atoms with van der Waals surface area (Å²) < 4.78 is 5.40. The zero-order valence-electron chi connectivity index (χ0n) is 18.1. The van der Waals surface area contributed by atoms with Gasteiger partial charge >= 0.3 is 0 Å². The Morgan fingerprint density at radius 2 is 1.84 bits per heavy atom. The summed E-state index contributed by atoms with van der Waals surface area (Å²) in [5.74, 6) is 0.332. The number of carbonyl (C=O) groups excluding carboxylic acids is 1.